The molecule has 0 heterocycles. The summed E-state index contributed by atoms with van der Waals surface area (Å²) >= 11 is 1.39. The highest BCUT2D eigenvalue weighted by Crippen LogP contribution is 1.88. The van der Waals surface area contributed by atoms with Gasteiger partial charge in [0.2, 0.25) is 0 Å². The van der Waals surface area contributed by atoms with Crippen LogP contribution in [0.1, 0.15) is 6.92 Å². The molecule has 0 aliphatic rings. The van der Waals surface area contributed by atoms with Gasteiger partial charge in [0.15, 0.2) is 6.40 Å². The third-order valence-electron chi connectivity index (χ3n) is 0.390. The summed E-state index contributed by atoms with van der Waals surface area (Å²) in [6.45, 7) is 2.62. The van der Waals surface area contributed by atoms with Crippen LogP contribution in [0.5, 0.6) is 0 Å². The van der Waals surface area contributed by atoms with Crippen molar-refractivity contribution in [1.82, 2.24) is 0 Å². The van der Waals surface area contributed by atoms with Crippen molar-refractivity contribution in [2.24, 2.45) is 4.40 Å². The van der Waals surface area contributed by atoms with Gasteiger partial charge in [0.1, 0.15) is 0 Å². The van der Waals surface area contributed by atoms with E-state index in [9.17, 15) is 0 Å². The van der Waals surface area contributed by atoms with Gasteiger partial charge in [-0.2, -0.15) is 4.40 Å². The molecule has 0 N–H and O–H groups in total. The van der Waals surface area contributed by atoms with Crippen molar-refractivity contribution in [2.75, 3.05) is 12.9 Å². The summed E-state index contributed by atoms with van der Waals surface area (Å²) in [5, 5.41) is 0. The number of hydrogen-bond acceptors (Lipinski definition) is 3. The molecule has 2 nitrogen and oxygen atoms in total. The van der Waals surface area contributed by atoms with Gasteiger partial charge in [0, 0.05) is 6.26 Å². The molecule has 0 aromatic carbocycles. The molecular weight excluding hydrogens is 110 g/mol. The maximum atomic E-state index is 4.76. The molecule has 0 unspecified atom stereocenters. The zero-order chi connectivity index (χ0) is 5.54. The Kier molecular flexibility index (Phi) is 5.67. The lowest BCUT2D eigenvalue weighted by Crippen LogP contribution is -1.81. The van der Waals surface area contributed by atoms with Gasteiger partial charge in [-0.05, 0) is 18.9 Å². The largest absolute Gasteiger partial charge is 0.483 e. The van der Waals surface area contributed by atoms with Crippen molar-refractivity contribution < 1.29 is 4.74 Å². The van der Waals surface area contributed by atoms with Gasteiger partial charge in [-0.1, -0.05) is 0 Å². The van der Waals surface area contributed by atoms with Crippen molar-refractivity contribution >= 4 is 18.3 Å². The number of nitrogens with zero attached hydrogens (tertiary/aromatic N) is 1. The van der Waals surface area contributed by atoms with Gasteiger partial charge in [-0.3, -0.25) is 0 Å². The van der Waals surface area contributed by atoms with Crippen LogP contribution in [0.4, 0.5) is 0 Å². The highest BCUT2D eigenvalue weighted by molar-refractivity contribution is 7.97. The molecule has 0 saturated carbocycles. The summed E-state index contributed by atoms with van der Waals surface area (Å²) in [6, 6.07) is 0. The SMILES string of the molecule is CCO/C=N\SC. The summed E-state index contributed by atoms with van der Waals surface area (Å²) in [7, 11) is 0. The van der Waals surface area contributed by atoms with Crippen molar-refractivity contribution in [1.29, 1.82) is 0 Å². The topological polar surface area (TPSA) is 21.6 Å². The van der Waals surface area contributed by atoms with E-state index >= 15 is 0 Å². The molecule has 42 valence electrons. The highest BCUT2D eigenvalue weighted by atomic mass is 32.2. The standard InChI is InChI=1S/C4H9NOS/c1-3-6-4-5-7-2/h4H,3H2,1-2H3/b5-4-. The summed E-state index contributed by atoms with van der Waals surface area (Å²) in [6.07, 6.45) is 3.33. The lowest BCUT2D eigenvalue weighted by Gasteiger charge is -1.86. The van der Waals surface area contributed by atoms with Crippen LogP contribution in [0.15, 0.2) is 4.40 Å². The van der Waals surface area contributed by atoms with Gasteiger partial charge in [0.05, 0.1) is 6.61 Å². The van der Waals surface area contributed by atoms with Crippen LogP contribution in [0.2, 0.25) is 0 Å². The molecule has 0 aliphatic carbocycles. The van der Waals surface area contributed by atoms with Gasteiger partial charge in [0.25, 0.3) is 0 Å². The van der Waals surface area contributed by atoms with Crippen LogP contribution < -0.4 is 0 Å². The van der Waals surface area contributed by atoms with Crippen molar-refractivity contribution in [3.05, 3.63) is 0 Å². The minimum atomic E-state index is 0.698. The van der Waals surface area contributed by atoms with E-state index in [-0.39, 0.29) is 0 Å². The first-order chi connectivity index (χ1) is 3.41. The van der Waals surface area contributed by atoms with Crippen LogP contribution in [0.25, 0.3) is 0 Å². The molecule has 0 aromatic rings. The predicted octanol–water partition coefficient (Wildman–Crippen LogP) is 1.33. The fraction of sp³-hybridized carbons (Fsp3) is 0.750. The molecule has 7 heavy (non-hydrogen) atoms. The molecule has 0 fully saturated rings. The first-order valence-electron chi connectivity index (χ1n) is 2.08. The van der Waals surface area contributed by atoms with E-state index in [1.807, 2.05) is 13.2 Å². The second kappa shape index (κ2) is 5.82. The summed E-state index contributed by atoms with van der Waals surface area (Å²) < 4.78 is 8.49. The van der Waals surface area contributed by atoms with Crippen LogP contribution >= 0.6 is 11.9 Å². The third-order valence-corrected chi connectivity index (χ3v) is 0.687. The average Bonchev–Trinajstić information content (AvgIpc) is 1.69. The Morgan fingerprint density at radius 3 is 3.00 bits per heavy atom. The Labute approximate surface area is 48.1 Å². The van der Waals surface area contributed by atoms with E-state index in [1.54, 1.807) is 0 Å². The van der Waals surface area contributed by atoms with E-state index in [4.69, 9.17) is 4.74 Å². The second-order valence-corrected chi connectivity index (χ2v) is 1.42. The summed E-state index contributed by atoms with van der Waals surface area (Å²) in [5.74, 6) is 0. The van der Waals surface area contributed by atoms with E-state index < -0.39 is 0 Å². The van der Waals surface area contributed by atoms with Crippen LogP contribution in [-0.2, 0) is 4.74 Å². The second-order valence-electron chi connectivity index (χ2n) is 0.849. The van der Waals surface area contributed by atoms with Crippen LogP contribution in [0, 0.1) is 0 Å². The quantitative estimate of drug-likeness (QED) is 0.317. The monoisotopic (exact) mass is 119 g/mol. The maximum absolute atomic E-state index is 4.76. The lowest BCUT2D eigenvalue weighted by molar-refractivity contribution is 0.345. The van der Waals surface area contributed by atoms with Crippen molar-refractivity contribution in [3.8, 4) is 0 Å². The molecule has 0 aromatic heterocycles. The minimum Gasteiger partial charge on any atom is -0.483 e. The maximum Gasteiger partial charge on any atom is 0.181 e. The zero-order valence-electron chi connectivity index (χ0n) is 4.55. The molecule has 0 rings (SSSR count). The van der Waals surface area contributed by atoms with E-state index in [0.29, 0.717) is 6.61 Å². The Morgan fingerprint density at radius 1 is 1.86 bits per heavy atom. The van der Waals surface area contributed by atoms with Crippen molar-refractivity contribution in [3.63, 3.8) is 0 Å². The Bertz CT molecular complexity index is 55.7. The minimum absolute atomic E-state index is 0.698. The molecule has 0 atom stereocenters. The molecule has 0 aliphatic heterocycles. The third kappa shape index (κ3) is 5.82. The fourth-order valence-electron chi connectivity index (χ4n) is 0.148. The number of rotatable bonds is 3. The van der Waals surface area contributed by atoms with E-state index in [0.717, 1.165) is 0 Å². The molecule has 0 radical (unpaired) electrons. The Morgan fingerprint density at radius 2 is 2.57 bits per heavy atom. The zero-order valence-corrected chi connectivity index (χ0v) is 5.36. The predicted molar refractivity (Wildman–Crippen MR) is 33.6 cm³/mol. The van der Waals surface area contributed by atoms with Crippen LogP contribution in [0.3, 0.4) is 0 Å². The fourth-order valence-corrected chi connectivity index (χ4v) is 0.295. The van der Waals surface area contributed by atoms with Crippen LogP contribution in [-0.4, -0.2) is 19.3 Å². The van der Waals surface area contributed by atoms with Gasteiger partial charge in [-0.25, -0.2) is 0 Å². The average molecular weight is 119 g/mol. The molecule has 0 bridgehead atoms. The summed E-state index contributed by atoms with van der Waals surface area (Å²) in [5.41, 5.74) is 0. The molecule has 0 amide bonds. The molecule has 0 saturated heterocycles. The van der Waals surface area contributed by atoms with Gasteiger partial charge < -0.3 is 4.74 Å². The smallest absolute Gasteiger partial charge is 0.181 e. The van der Waals surface area contributed by atoms with E-state index in [2.05, 4.69) is 4.40 Å². The summed E-state index contributed by atoms with van der Waals surface area (Å²) in [4.78, 5) is 0. The number of hydrogen-bond donors (Lipinski definition) is 0. The lowest BCUT2D eigenvalue weighted by atomic mass is 10.9. The first-order valence-corrected chi connectivity index (χ1v) is 3.26. The highest BCUT2D eigenvalue weighted by Gasteiger charge is 1.65. The van der Waals surface area contributed by atoms with E-state index in [1.165, 1.54) is 18.3 Å². The molecule has 0 spiro atoms. The normalized spacial score (nSPS) is 10.0. The molecular formula is C4H9NOS. The van der Waals surface area contributed by atoms with Gasteiger partial charge in [-0.15, -0.1) is 0 Å². The van der Waals surface area contributed by atoms with Gasteiger partial charge >= 0.3 is 0 Å². The number of ether oxygens (including phenoxy) is 1. The molecule has 3 heteroatoms. The van der Waals surface area contributed by atoms with Crippen molar-refractivity contribution in [2.45, 2.75) is 6.92 Å². The Hall–Kier alpha value is -0.180. The Balaban J connectivity index is 2.78. The first kappa shape index (κ1) is 6.82.